The van der Waals surface area contributed by atoms with E-state index in [1.165, 1.54) is 223 Å². The van der Waals surface area contributed by atoms with Gasteiger partial charge in [-0.15, -0.1) is 0 Å². The molecule has 1 aromatic rings. The predicted molar refractivity (Wildman–Crippen MR) is 321 cm³/mol. The Kier molecular flexibility index (Phi) is 15.4. The van der Waals surface area contributed by atoms with Crippen molar-refractivity contribution in [2.45, 2.75) is 261 Å². The van der Waals surface area contributed by atoms with Gasteiger partial charge in [0.1, 0.15) is 0 Å². The molecule has 18 unspecified atom stereocenters. The third-order valence-electron chi connectivity index (χ3n) is 25.6. The number of ether oxygens (including phenoxy) is 1. The molecule has 12 aliphatic carbocycles. The van der Waals surface area contributed by atoms with Crippen molar-refractivity contribution < 1.29 is 4.74 Å². The summed E-state index contributed by atoms with van der Waals surface area (Å²) in [7, 11) is 0. The second kappa shape index (κ2) is 22.7. The molecule has 416 valence electrons. The van der Waals surface area contributed by atoms with Crippen molar-refractivity contribution >= 4 is 6.08 Å². The van der Waals surface area contributed by atoms with Crippen LogP contribution in [-0.2, 0) is 4.74 Å². The Labute approximate surface area is 469 Å². The van der Waals surface area contributed by atoms with Gasteiger partial charge >= 0.3 is 0 Å². The minimum Gasteiger partial charge on any atom is -0.374 e. The van der Waals surface area contributed by atoms with E-state index in [2.05, 4.69) is 102 Å². The molecule has 0 N–H and O–H groups in total. The van der Waals surface area contributed by atoms with Crippen LogP contribution in [0.25, 0.3) is 6.08 Å². The number of likely N-dealkylation sites (tertiary alicyclic amines) is 1. The molecule has 1 saturated heterocycles. The largest absolute Gasteiger partial charge is 0.374 e. The molecular weight excluding hydrogens is 933 g/mol. The number of benzene rings is 1. The molecule has 3 nitrogen and oxygen atoms in total. The summed E-state index contributed by atoms with van der Waals surface area (Å²) < 4.78 is 7.30. The molecule has 0 radical (unpaired) electrons. The lowest BCUT2D eigenvalue weighted by molar-refractivity contribution is -0.0565. The fourth-order valence-electron chi connectivity index (χ4n) is 22.3. The number of allylic oxidation sites excluding steroid dienone is 9. The van der Waals surface area contributed by atoms with Crippen molar-refractivity contribution in [1.29, 1.82) is 0 Å². The van der Waals surface area contributed by atoms with Gasteiger partial charge in [0, 0.05) is 52.8 Å². The van der Waals surface area contributed by atoms with Crippen LogP contribution < -0.4 is 0 Å². The van der Waals surface area contributed by atoms with Crippen molar-refractivity contribution in [2.75, 3.05) is 0 Å². The Morgan fingerprint density at radius 1 is 0.623 bits per heavy atom. The zero-order chi connectivity index (χ0) is 51.5. The molecule has 7 fully saturated rings. The van der Waals surface area contributed by atoms with Crippen LogP contribution in [0.15, 0.2) is 102 Å². The van der Waals surface area contributed by atoms with Gasteiger partial charge in [0.15, 0.2) is 0 Å². The predicted octanol–water partition coefficient (Wildman–Crippen LogP) is 19.1. The van der Waals surface area contributed by atoms with E-state index in [4.69, 9.17) is 4.74 Å². The summed E-state index contributed by atoms with van der Waals surface area (Å²) in [6.07, 6.45) is 73.8. The van der Waals surface area contributed by atoms with Crippen LogP contribution in [0.1, 0.15) is 236 Å². The molecule has 0 aromatic heterocycles. The summed E-state index contributed by atoms with van der Waals surface area (Å²) in [5.41, 5.74) is 8.55. The number of fused-ring (bicyclic) bond motifs is 7. The smallest absolute Gasteiger partial charge is 0.0641 e. The molecule has 1 heterocycles. The van der Waals surface area contributed by atoms with E-state index in [1.54, 1.807) is 5.70 Å². The first-order valence-corrected chi connectivity index (χ1v) is 34.1. The van der Waals surface area contributed by atoms with Gasteiger partial charge in [-0.1, -0.05) is 143 Å². The van der Waals surface area contributed by atoms with Crippen molar-refractivity contribution in [3.63, 3.8) is 0 Å². The van der Waals surface area contributed by atoms with E-state index in [0.717, 1.165) is 65.3 Å². The molecule has 1 aromatic carbocycles. The standard InChI is InChI=1S/C74H104N2O/c1-3-51-26-28-53(29-27-51)54-33-41-64(42-34-54)77-73-45-36-59(46-50(73)2)74(58-18-6-4-7-19-58)69-24-14-12-22-65(69)66-43-40-63(49-70(66)74)75(62-39-32-52-16-10-11-17-56(52)47-62)61-37-30-55(31-38-61)57-35-44-72-68(48-57)67-23-13-15-25-71(67)76(72)60-20-8-5-9-21-60/h3,6,8,18,20,25-30,37,46,49-50,52,54-58,60-62,64-70,72-73H,1,4-5,7,9-17,19,21-24,31-36,38-45,47-48H2,2H3. The Morgan fingerprint density at radius 2 is 1.43 bits per heavy atom. The van der Waals surface area contributed by atoms with Gasteiger partial charge in [-0.2, -0.15) is 0 Å². The van der Waals surface area contributed by atoms with Crippen molar-refractivity contribution in [3.8, 4) is 0 Å². The first kappa shape index (κ1) is 52.1. The van der Waals surface area contributed by atoms with Crippen LogP contribution in [0.2, 0.25) is 0 Å². The van der Waals surface area contributed by atoms with Crippen LogP contribution in [-0.4, -0.2) is 46.2 Å². The fraction of sp³-hybridized carbons (Fsp3) is 0.730. The van der Waals surface area contributed by atoms with Gasteiger partial charge in [-0.05, 0) is 250 Å². The highest BCUT2D eigenvalue weighted by Crippen LogP contribution is 2.71. The number of rotatable bonds is 11. The monoisotopic (exact) mass is 1040 g/mol. The number of hydrogen-bond donors (Lipinski definition) is 0. The van der Waals surface area contributed by atoms with E-state index in [1.807, 2.05) is 17.3 Å². The molecule has 0 bridgehead atoms. The first-order valence-electron chi connectivity index (χ1n) is 34.1. The molecular formula is C74H104N2O. The highest BCUT2D eigenvalue weighted by atomic mass is 16.5. The van der Waals surface area contributed by atoms with Gasteiger partial charge in [0.25, 0.3) is 0 Å². The summed E-state index contributed by atoms with van der Waals surface area (Å²) in [6, 6.07) is 12.0. The van der Waals surface area contributed by atoms with Gasteiger partial charge in [-0.3, -0.25) is 0 Å². The molecule has 0 amide bonds. The lowest BCUT2D eigenvalue weighted by atomic mass is 9.53. The Morgan fingerprint density at radius 3 is 2.22 bits per heavy atom. The third-order valence-corrected chi connectivity index (χ3v) is 25.6. The fourth-order valence-corrected chi connectivity index (χ4v) is 22.3. The summed E-state index contributed by atoms with van der Waals surface area (Å²) in [5, 5.41) is 0. The highest BCUT2D eigenvalue weighted by molar-refractivity contribution is 5.47. The van der Waals surface area contributed by atoms with Crippen LogP contribution in [0.3, 0.4) is 0 Å². The minimum atomic E-state index is 0.270. The Bertz CT molecular complexity index is 2410. The van der Waals surface area contributed by atoms with Gasteiger partial charge in [-0.25, -0.2) is 0 Å². The molecule has 6 saturated carbocycles. The minimum absolute atomic E-state index is 0.270. The van der Waals surface area contributed by atoms with Crippen LogP contribution in [0.5, 0.6) is 0 Å². The number of nitrogens with zero attached hydrogens (tertiary/aromatic N) is 2. The van der Waals surface area contributed by atoms with Crippen molar-refractivity contribution in [2.24, 2.45) is 76.4 Å². The second-order valence-electron chi connectivity index (χ2n) is 29.1. The van der Waals surface area contributed by atoms with Gasteiger partial charge < -0.3 is 14.5 Å². The lowest BCUT2D eigenvalue weighted by Crippen LogP contribution is -2.49. The average molecular weight is 1040 g/mol. The second-order valence-corrected chi connectivity index (χ2v) is 29.1. The molecule has 77 heavy (non-hydrogen) atoms. The topological polar surface area (TPSA) is 15.7 Å². The molecule has 0 spiro atoms. The molecule has 18 atom stereocenters. The van der Waals surface area contributed by atoms with Crippen LogP contribution in [0.4, 0.5) is 0 Å². The maximum absolute atomic E-state index is 7.30. The molecule has 14 rings (SSSR count). The quantitative estimate of drug-likeness (QED) is 0.205. The van der Waals surface area contributed by atoms with Gasteiger partial charge in [0.05, 0.1) is 12.2 Å². The SMILES string of the molecule is C=Cc1ccc(C2CCC(OC3CCC(C4(C5C=CCCC5)C5C=C(N(C6C=CC(C7CCC8C(C7)C7CCCC=C7N8C7C=CCCC7)CC6)C6CCC7CCCCC7C6)CCC5C5CCCCC54)=CC3C)CC2)cc1. The summed E-state index contributed by atoms with van der Waals surface area (Å²) in [6.45, 7) is 6.57. The summed E-state index contributed by atoms with van der Waals surface area (Å²) in [5.74, 6) is 10.4. The highest BCUT2D eigenvalue weighted by Gasteiger charge is 2.64. The summed E-state index contributed by atoms with van der Waals surface area (Å²) in [4.78, 5) is 6.29. The lowest BCUT2D eigenvalue weighted by Gasteiger charge is -2.53. The summed E-state index contributed by atoms with van der Waals surface area (Å²) >= 11 is 0. The van der Waals surface area contributed by atoms with E-state index in [0.29, 0.717) is 48.0 Å². The molecule has 13 aliphatic rings. The van der Waals surface area contributed by atoms with E-state index in [9.17, 15) is 0 Å². The third kappa shape index (κ3) is 9.77. The zero-order valence-corrected chi connectivity index (χ0v) is 48.4. The van der Waals surface area contributed by atoms with Crippen molar-refractivity contribution in [3.05, 3.63) is 114 Å². The van der Waals surface area contributed by atoms with Crippen LogP contribution >= 0.6 is 0 Å². The normalized spacial score (nSPS) is 44.6. The van der Waals surface area contributed by atoms with E-state index >= 15 is 0 Å². The van der Waals surface area contributed by atoms with Crippen LogP contribution in [0, 0.1) is 76.4 Å². The number of hydrogen-bond acceptors (Lipinski definition) is 3. The maximum Gasteiger partial charge on any atom is 0.0641 e. The van der Waals surface area contributed by atoms with E-state index in [-0.39, 0.29) is 5.41 Å². The molecule has 1 aliphatic heterocycles. The van der Waals surface area contributed by atoms with Crippen molar-refractivity contribution in [1.82, 2.24) is 9.80 Å². The first-order chi connectivity index (χ1) is 38.0. The van der Waals surface area contributed by atoms with E-state index < -0.39 is 0 Å². The Hall–Kier alpha value is -3.04. The molecule has 3 heteroatoms. The average Bonchev–Trinajstić information content (AvgIpc) is 4.19. The maximum atomic E-state index is 7.30. The Balaban J connectivity index is 0.746. The van der Waals surface area contributed by atoms with Gasteiger partial charge in [0.2, 0.25) is 0 Å². The zero-order valence-electron chi connectivity index (χ0n) is 48.4.